The van der Waals surface area contributed by atoms with Crippen LogP contribution in [0.1, 0.15) is 5.69 Å². The molecule has 1 N–H and O–H groups in total. The van der Waals surface area contributed by atoms with Gasteiger partial charge in [-0.3, -0.25) is 0 Å². The second-order valence-corrected chi connectivity index (χ2v) is 8.32. The van der Waals surface area contributed by atoms with Gasteiger partial charge in [-0.2, -0.15) is 10.2 Å². The average molecular weight is 408 g/mol. The van der Waals surface area contributed by atoms with Gasteiger partial charge in [0.2, 0.25) is 0 Å². The van der Waals surface area contributed by atoms with Crippen LogP contribution in [0.5, 0.6) is 0 Å². The van der Waals surface area contributed by atoms with Gasteiger partial charge in [-0.1, -0.05) is 48.2 Å². The molecule has 0 atom stereocenters. The molecule has 30 heavy (non-hydrogen) atoms. The van der Waals surface area contributed by atoms with E-state index in [1.54, 1.807) is 11.8 Å². The van der Waals surface area contributed by atoms with Crippen molar-refractivity contribution in [1.29, 1.82) is 0 Å². The maximum Gasteiger partial charge on any atom is 0.118 e. The first-order valence-corrected chi connectivity index (χ1v) is 10.5. The number of para-hydroxylation sites is 2. The first-order valence-electron chi connectivity index (χ1n) is 9.73. The molecule has 6 heteroatoms. The van der Waals surface area contributed by atoms with E-state index in [1.807, 2.05) is 54.2 Å². The van der Waals surface area contributed by atoms with Crippen LogP contribution in [0.3, 0.4) is 0 Å². The molecule has 0 fully saturated rings. The summed E-state index contributed by atoms with van der Waals surface area (Å²) >= 11 is 1.78. The molecule has 0 radical (unpaired) electrons. The molecule has 0 aliphatic carbocycles. The van der Waals surface area contributed by atoms with Crippen LogP contribution < -0.4 is 5.32 Å². The van der Waals surface area contributed by atoms with E-state index in [0.29, 0.717) is 0 Å². The van der Waals surface area contributed by atoms with E-state index in [0.717, 1.165) is 44.9 Å². The average Bonchev–Trinajstić information content (AvgIpc) is 3.25. The van der Waals surface area contributed by atoms with Crippen molar-refractivity contribution in [2.24, 2.45) is 0 Å². The zero-order valence-electron chi connectivity index (χ0n) is 16.2. The highest BCUT2D eigenvalue weighted by Crippen LogP contribution is 2.45. The molecule has 144 valence electrons. The number of aromatic nitrogens is 4. The fourth-order valence-corrected chi connectivity index (χ4v) is 4.72. The lowest BCUT2D eigenvalue weighted by Gasteiger charge is -2.21. The molecule has 3 aromatic carbocycles. The summed E-state index contributed by atoms with van der Waals surface area (Å²) in [5.74, 6) is 0. The Morgan fingerprint density at radius 1 is 0.833 bits per heavy atom. The molecule has 2 aromatic heterocycles. The van der Waals surface area contributed by atoms with Crippen LogP contribution >= 0.6 is 11.8 Å². The van der Waals surface area contributed by atoms with Gasteiger partial charge in [0.1, 0.15) is 11.2 Å². The fourth-order valence-electron chi connectivity index (χ4n) is 3.75. The summed E-state index contributed by atoms with van der Waals surface area (Å²) in [7, 11) is 0. The lowest BCUT2D eigenvalue weighted by atomic mass is 10.1. The van der Waals surface area contributed by atoms with E-state index in [-0.39, 0.29) is 0 Å². The van der Waals surface area contributed by atoms with E-state index >= 15 is 0 Å². The second kappa shape index (κ2) is 6.71. The highest BCUT2D eigenvalue weighted by molar-refractivity contribution is 7.99. The lowest BCUT2D eigenvalue weighted by molar-refractivity contribution is 0.891. The van der Waals surface area contributed by atoms with Crippen LogP contribution in [0.2, 0.25) is 0 Å². The molecule has 0 saturated heterocycles. The van der Waals surface area contributed by atoms with Crippen molar-refractivity contribution in [2.45, 2.75) is 16.7 Å². The monoisotopic (exact) mass is 407 g/mol. The largest absolute Gasteiger partial charge is 0.354 e. The predicted octanol–water partition coefficient (Wildman–Crippen LogP) is 6.00. The standard InChI is InChI=1S/C24H17N5S/c1-15-23-18(14-29(28-23)17-7-3-2-4-8-17)24(27-26-15)16-11-12-22-20(13-16)25-19-9-5-6-10-21(19)30-22/h2-14,25H,1H3. The van der Waals surface area contributed by atoms with Gasteiger partial charge in [0.05, 0.1) is 28.1 Å². The molecular weight excluding hydrogens is 390 g/mol. The van der Waals surface area contributed by atoms with Crippen LogP contribution in [0.15, 0.2) is 88.8 Å². The van der Waals surface area contributed by atoms with Gasteiger partial charge in [0.25, 0.3) is 0 Å². The molecule has 5 aromatic rings. The van der Waals surface area contributed by atoms with Crippen LogP contribution in [-0.2, 0) is 0 Å². The highest BCUT2D eigenvalue weighted by Gasteiger charge is 2.18. The first-order chi connectivity index (χ1) is 14.8. The first kappa shape index (κ1) is 17.2. The number of rotatable bonds is 2. The van der Waals surface area contributed by atoms with E-state index < -0.39 is 0 Å². The smallest absolute Gasteiger partial charge is 0.118 e. The quantitative estimate of drug-likeness (QED) is 0.381. The Bertz CT molecular complexity index is 1410. The van der Waals surface area contributed by atoms with Crippen molar-refractivity contribution >= 4 is 34.0 Å². The van der Waals surface area contributed by atoms with Crippen molar-refractivity contribution in [1.82, 2.24) is 20.0 Å². The fraction of sp³-hybridized carbons (Fsp3) is 0.0417. The Kier molecular flexibility index (Phi) is 3.86. The Balaban J connectivity index is 1.48. The molecule has 0 bridgehead atoms. The van der Waals surface area contributed by atoms with Crippen LogP contribution in [0.4, 0.5) is 11.4 Å². The summed E-state index contributed by atoms with van der Waals surface area (Å²) in [6.45, 7) is 1.95. The Morgan fingerprint density at radius 2 is 1.63 bits per heavy atom. The maximum atomic E-state index is 4.78. The summed E-state index contributed by atoms with van der Waals surface area (Å²) in [4.78, 5) is 2.44. The number of hydrogen-bond donors (Lipinski definition) is 1. The minimum atomic E-state index is 0.823. The Labute approximate surface area is 177 Å². The minimum Gasteiger partial charge on any atom is -0.354 e. The van der Waals surface area contributed by atoms with Crippen molar-refractivity contribution in [3.05, 3.63) is 84.7 Å². The Hall–Kier alpha value is -3.64. The predicted molar refractivity (Wildman–Crippen MR) is 121 cm³/mol. The number of nitrogens with zero attached hydrogens (tertiary/aromatic N) is 4. The number of benzene rings is 3. The number of fused-ring (bicyclic) bond motifs is 3. The van der Waals surface area contributed by atoms with Gasteiger partial charge in [-0.05, 0) is 43.3 Å². The topological polar surface area (TPSA) is 55.6 Å². The third-order valence-corrected chi connectivity index (χ3v) is 6.41. The number of aryl methyl sites for hydroxylation is 1. The summed E-state index contributed by atoms with van der Waals surface area (Å²) in [5, 5.41) is 18.3. The van der Waals surface area contributed by atoms with Crippen LogP contribution in [0, 0.1) is 6.92 Å². The van der Waals surface area contributed by atoms with Gasteiger partial charge in [0.15, 0.2) is 0 Å². The second-order valence-electron chi connectivity index (χ2n) is 7.24. The third kappa shape index (κ3) is 2.76. The molecule has 0 spiro atoms. The van der Waals surface area contributed by atoms with Crippen molar-refractivity contribution in [3.8, 4) is 16.9 Å². The van der Waals surface area contributed by atoms with E-state index in [1.165, 1.54) is 9.79 Å². The molecule has 0 amide bonds. The normalized spacial score (nSPS) is 12.3. The van der Waals surface area contributed by atoms with Gasteiger partial charge >= 0.3 is 0 Å². The molecule has 5 nitrogen and oxygen atoms in total. The minimum absolute atomic E-state index is 0.823. The molecular formula is C24H17N5S. The van der Waals surface area contributed by atoms with Crippen LogP contribution in [-0.4, -0.2) is 20.0 Å². The highest BCUT2D eigenvalue weighted by atomic mass is 32.2. The SMILES string of the molecule is Cc1nnc(-c2ccc3c(c2)Nc2ccccc2S3)c2cn(-c3ccccc3)nc12. The molecule has 1 aliphatic heterocycles. The maximum absolute atomic E-state index is 4.78. The molecule has 0 saturated carbocycles. The van der Waals surface area contributed by atoms with Crippen LogP contribution in [0.25, 0.3) is 27.8 Å². The van der Waals surface area contributed by atoms with E-state index in [9.17, 15) is 0 Å². The van der Waals surface area contributed by atoms with Gasteiger partial charge < -0.3 is 5.32 Å². The number of nitrogens with one attached hydrogen (secondary N) is 1. The van der Waals surface area contributed by atoms with Gasteiger partial charge in [0, 0.05) is 21.6 Å². The summed E-state index contributed by atoms with van der Waals surface area (Å²) in [5.41, 5.74) is 6.78. The molecule has 0 unspecified atom stereocenters. The van der Waals surface area contributed by atoms with Crippen molar-refractivity contribution in [3.63, 3.8) is 0 Å². The van der Waals surface area contributed by atoms with E-state index in [4.69, 9.17) is 5.10 Å². The summed E-state index contributed by atoms with van der Waals surface area (Å²) in [6.07, 6.45) is 2.04. The van der Waals surface area contributed by atoms with Crippen molar-refractivity contribution < 1.29 is 0 Å². The van der Waals surface area contributed by atoms with Crippen molar-refractivity contribution in [2.75, 3.05) is 5.32 Å². The summed E-state index contributed by atoms with van der Waals surface area (Å²) < 4.78 is 1.90. The van der Waals surface area contributed by atoms with Gasteiger partial charge in [-0.15, -0.1) is 5.10 Å². The molecule has 3 heterocycles. The third-order valence-electron chi connectivity index (χ3n) is 5.26. The number of hydrogen-bond acceptors (Lipinski definition) is 5. The zero-order valence-corrected chi connectivity index (χ0v) is 17.0. The summed E-state index contributed by atoms with van der Waals surface area (Å²) in [6, 6.07) is 24.9. The molecule has 6 rings (SSSR count). The Morgan fingerprint density at radius 3 is 2.53 bits per heavy atom. The number of anilines is 2. The molecule has 1 aliphatic rings. The van der Waals surface area contributed by atoms with E-state index in [2.05, 4.69) is 51.9 Å². The zero-order chi connectivity index (χ0) is 20.1. The van der Waals surface area contributed by atoms with Gasteiger partial charge in [-0.25, -0.2) is 4.68 Å². The lowest BCUT2D eigenvalue weighted by Crippen LogP contribution is -2.00.